The number of anilines is 2. The molecule has 2 aromatic rings. The van der Waals surface area contributed by atoms with Crippen molar-refractivity contribution in [2.75, 3.05) is 10.6 Å². The van der Waals surface area contributed by atoms with E-state index in [1.165, 1.54) is 4.90 Å². The molecule has 0 fully saturated rings. The lowest BCUT2D eigenvalue weighted by Gasteiger charge is -2.32. The van der Waals surface area contributed by atoms with Crippen LogP contribution in [-0.2, 0) is 12.8 Å². The molecule has 1 heterocycles. The molecule has 122 valence electrons. The Kier molecular flexibility index (Phi) is 4.89. The first-order valence-corrected chi connectivity index (χ1v) is 7.61. The Balaban J connectivity index is 2.17. The number of nitrogens with two attached hydrogens (primary N) is 1. The van der Waals surface area contributed by atoms with Gasteiger partial charge in [-0.25, -0.2) is 9.78 Å². The van der Waals surface area contributed by atoms with E-state index in [2.05, 4.69) is 4.98 Å². The number of nitrogens with zero attached hydrogens (tertiary/aromatic N) is 2. The van der Waals surface area contributed by atoms with Crippen LogP contribution < -0.4 is 10.6 Å². The van der Waals surface area contributed by atoms with Gasteiger partial charge < -0.3 is 10.8 Å². The molecule has 0 bridgehead atoms. The number of carboxylic acid groups (broad SMARTS) is 1. The molecule has 5 heteroatoms. The fraction of sp³-hybridized carbons (Fsp3) is 0.333. The highest BCUT2D eigenvalue weighted by atomic mass is 16.4. The van der Waals surface area contributed by atoms with Crippen LogP contribution in [0.3, 0.4) is 0 Å². The normalized spacial score (nSPS) is 11.3. The van der Waals surface area contributed by atoms with E-state index < -0.39 is 11.6 Å². The third-order valence-electron chi connectivity index (χ3n) is 3.50. The first-order chi connectivity index (χ1) is 10.8. The van der Waals surface area contributed by atoms with Crippen LogP contribution in [-0.4, -0.2) is 21.7 Å². The topological polar surface area (TPSA) is 79.5 Å². The Bertz CT molecular complexity index is 693. The molecule has 1 aromatic heterocycles. The van der Waals surface area contributed by atoms with Gasteiger partial charge in [0.05, 0.1) is 0 Å². The van der Waals surface area contributed by atoms with Gasteiger partial charge in [-0.05, 0) is 63.4 Å². The molecule has 0 aliphatic rings. The van der Waals surface area contributed by atoms with Gasteiger partial charge in [-0.15, -0.1) is 0 Å². The minimum atomic E-state index is -1.00. The summed E-state index contributed by atoms with van der Waals surface area (Å²) in [6.45, 7) is 5.55. The summed E-state index contributed by atoms with van der Waals surface area (Å²) in [6, 6.07) is 13.2. The highest BCUT2D eigenvalue weighted by Crippen LogP contribution is 2.22. The fourth-order valence-electron chi connectivity index (χ4n) is 2.48. The van der Waals surface area contributed by atoms with Crippen LogP contribution in [0.2, 0.25) is 0 Å². The first-order valence-electron chi connectivity index (χ1n) is 7.61. The van der Waals surface area contributed by atoms with Crippen molar-refractivity contribution in [1.29, 1.82) is 0 Å². The summed E-state index contributed by atoms with van der Waals surface area (Å²) in [5.74, 6) is 0.454. The molecule has 0 aliphatic carbocycles. The lowest BCUT2D eigenvalue weighted by Crippen LogP contribution is -2.45. The largest absolute Gasteiger partial charge is 0.465 e. The molecular formula is C18H23N3O2. The van der Waals surface area contributed by atoms with E-state index in [1.807, 2.05) is 57.2 Å². The van der Waals surface area contributed by atoms with E-state index in [0.717, 1.165) is 29.8 Å². The number of amides is 1. The van der Waals surface area contributed by atoms with Crippen molar-refractivity contribution in [1.82, 2.24) is 4.98 Å². The molecule has 0 saturated heterocycles. The number of benzene rings is 1. The number of carbonyl (C=O) groups is 1. The zero-order valence-electron chi connectivity index (χ0n) is 13.8. The van der Waals surface area contributed by atoms with Gasteiger partial charge in [-0.1, -0.05) is 18.2 Å². The van der Waals surface area contributed by atoms with Gasteiger partial charge in [-0.2, -0.15) is 0 Å². The smallest absolute Gasteiger partial charge is 0.413 e. The van der Waals surface area contributed by atoms with Crippen molar-refractivity contribution in [3.05, 3.63) is 53.7 Å². The third kappa shape index (κ3) is 4.45. The van der Waals surface area contributed by atoms with Crippen LogP contribution in [0.15, 0.2) is 42.5 Å². The summed E-state index contributed by atoms with van der Waals surface area (Å²) in [7, 11) is 0. The van der Waals surface area contributed by atoms with Gasteiger partial charge in [0.15, 0.2) is 0 Å². The Hall–Kier alpha value is -2.56. The SMILES string of the molecule is CC(C)(C)N(C(=O)O)c1cccc(CCc2cccc(N)c2)n1. The molecule has 2 rings (SSSR count). The zero-order chi connectivity index (χ0) is 17.0. The van der Waals surface area contributed by atoms with E-state index in [4.69, 9.17) is 5.73 Å². The van der Waals surface area contributed by atoms with Crippen LogP contribution in [0.5, 0.6) is 0 Å². The molecule has 1 amide bonds. The minimum Gasteiger partial charge on any atom is -0.465 e. The van der Waals surface area contributed by atoms with Gasteiger partial charge in [0.1, 0.15) is 5.82 Å². The predicted octanol–water partition coefficient (Wildman–Crippen LogP) is 3.73. The predicted molar refractivity (Wildman–Crippen MR) is 92.8 cm³/mol. The van der Waals surface area contributed by atoms with E-state index in [1.54, 1.807) is 6.07 Å². The summed E-state index contributed by atoms with van der Waals surface area (Å²) < 4.78 is 0. The van der Waals surface area contributed by atoms with E-state index in [9.17, 15) is 9.90 Å². The van der Waals surface area contributed by atoms with Crippen LogP contribution in [0.1, 0.15) is 32.0 Å². The molecule has 5 nitrogen and oxygen atoms in total. The molecule has 1 aromatic carbocycles. The number of aromatic nitrogens is 1. The first kappa shape index (κ1) is 16.8. The van der Waals surface area contributed by atoms with Crippen molar-refractivity contribution in [3.63, 3.8) is 0 Å². The van der Waals surface area contributed by atoms with Gasteiger partial charge in [0.25, 0.3) is 0 Å². The molecule has 23 heavy (non-hydrogen) atoms. The van der Waals surface area contributed by atoms with Crippen molar-refractivity contribution in [3.8, 4) is 0 Å². The summed E-state index contributed by atoms with van der Waals surface area (Å²) in [4.78, 5) is 17.3. The maximum atomic E-state index is 11.5. The molecule has 0 spiro atoms. The summed E-state index contributed by atoms with van der Waals surface area (Å²) in [5.41, 5.74) is 7.98. The standard InChI is InChI=1S/C18H23N3O2/c1-18(2,3)21(17(22)23)16-9-5-8-15(20-16)11-10-13-6-4-7-14(19)12-13/h4-9,12H,10-11,19H2,1-3H3,(H,22,23). The molecule has 3 N–H and O–H groups in total. The highest BCUT2D eigenvalue weighted by Gasteiger charge is 2.28. The second-order valence-electron chi connectivity index (χ2n) is 6.52. The maximum absolute atomic E-state index is 11.5. The number of hydrogen-bond donors (Lipinski definition) is 2. The number of hydrogen-bond acceptors (Lipinski definition) is 3. The van der Waals surface area contributed by atoms with E-state index in [-0.39, 0.29) is 0 Å². The summed E-state index contributed by atoms with van der Waals surface area (Å²) in [5, 5.41) is 9.46. The van der Waals surface area contributed by atoms with Crippen LogP contribution >= 0.6 is 0 Å². The monoisotopic (exact) mass is 313 g/mol. The molecular weight excluding hydrogens is 290 g/mol. The molecule has 0 aliphatic heterocycles. The highest BCUT2D eigenvalue weighted by molar-refractivity contribution is 5.86. The molecule has 0 atom stereocenters. The van der Waals surface area contributed by atoms with E-state index in [0.29, 0.717) is 5.82 Å². The zero-order valence-corrected chi connectivity index (χ0v) is 13.8. The van der Waals surface area contributed by atoms with Gasteiger partial charge >= 0.3 is 6.09 Å². The Labute approximate surface area is 136 Å². The van der Waals surface area contributed by atoms with Crippen molar-refractivity contribution < 1.29 is 9.90 Å². The molecule has 0 unspecified atom stereocenters. The number of aryl methyl sites for hydroxylation is 2. The molecule has 0 radical (unpaired) electrons. The Morgan fingerprint density at radius 1 is 1.17 bits per heavy atom. The lowest BCUT2D eigenvalue weighted by molar-refractivity contribution is 0.195. The second-order valence-corrected chi connectivity index (χ2v) is 6.52. The van der Waals surface area contributed by atoms with Crippen molar-refractivity contribution >= 4 is 17.6 Å². The minimum absolute atomic E-state index is 0.454. The van der Waals surface area contributed by atoms with Gasteiger partial charge in [-0.3, -0.25) is 4.90 Å². The summed E-state index contributed by atoms with van der Waals surface area (Å²) >= 11 is 0. The lowest BCUT2D eigenvalue weighted by atomic mass is 10.1. The van der Waals surface area contributed by atoms with Crippen LogP contribution in [0.25, 0.3) is 0 Å². The average Bonchev–Trinajstić information content (AvgIpc) is 2.44. The second kappa shape index (κ2) is 6.69. The van der Waals surface area contributed by atoms with Gasteiger partial charge in [0, 0.05) is 16.9 Å². The number of nitrogen functional groups attached to an aromatic ring is 1. The number of rotatable bonds is 4. The van der Waals surface area contributed by atoms with Crippen molar-refractivity contribution in [2.24, 2.45) is 0 Å². The number of pyridine rings is 1. The summed E-state index contributed by atoms with van der Waals surface area (Å²) in [6.07, 6.45) is 0.539. The maximum Gasteiger partial charge on any atom is 0.413 e. The molecule has 0 saturated carbocycles. The Morgan fingerprint density at radius 2 is 1.87 bits per heavy atom. The van der Waals surface area contributed by atoms with Crippen LogP contribution in [0.4, 0.5) is 16.3 Å². The quantitative estimate of drug-likeness (QED) is 0.843. The third-order valence-corrected chi connectivity index (χ3v) is 3.50. The van der Waals surface area contributed by atoms with Crippen molar-refractivity contribution in [2.45, 2.75) is 39.2 Å². The van der Waals surface area contributed by atoms with Crippen LogP contribution in [0, 0.1) is 0 Å². The fourth-order valence-corrected chi connectivity index (χ4v) is 2.48. The Morgan fingerprint density at radius 3 is 2.48 bits per heavy atom. The average molecular weight is 313 g/mol. The van der Waals surface area contributed by atoms with E-state index >= 15 is 0 Å². The van der Waals surface area contributed by atoms with Gasteiger partial charge in [0.2, 0.25) is 0 Å².